The number of nitrogen functional groups attached to an aromatic ring is 1. The lowest BCUT2D eigenvalue weighted by Crippen LogP contribution is -1.96. The van der Waals surface area contributed by atoms with Crippen LogP contribution in [0.2, 0.25) is 5.02 Å². The van der Waals surface area contributed by atoms with Crippen molar-refractivity contribution in [2.45, 2.75) is 18.9 Å². The van der Waals surface area contributed by atoms with Gasteiger partial charge in [0.1, 0.15) is 5.75 Å². The fraction of sp³-hybridized carbons (Fsp3) is 0.333. The number of anilines is 1. The van der Waals surface area contributed by atoms with Crippen LogP contribution in [-0.2, 0) is 0 Å². The van der Waals surface area contributed by atoms with Gasteiger partial charge in [0, 0.05) is 5.69 Å². The second-order valence-electron chi connectivity index (χ2n) is 3.01. The molecule has 0 radical (unpaired) electrons. The third kappa shape index (κ3) is 1.64. The van der Waals surface area contributed by atoms with Crippen molar-refractivity contribution in [3.8, 4) is 5.75 Å². The van der Waals surface area contributed by atoms with Crippen LogP contribution >= 0.6 is 11.6 Å². The Morgan fingerprint density at radius 2 is 2.17 bits per heavy atom. The minimum atomic E-state index is 0.381. The highest BCUT2D eigenvalue weighted by Crippen LogP contribution is 2.32. The molecule has 1 aliphatic carbocycles. The lowest BCUT2D eigenvalue weighted by Gasteiger charge is -2.06. The molecule has 0 aliphatic heterocycles. The second-order valence-corrected chi connectivity index (χ2v) is 3.41. The van der Waals surface area contributed by atoms with E-state index >= 15 is 0 Å². The summed E-state index contributed by atoms with van der Waals surface area (Å²) >= 11 is 5.90. The van der Waals surface area contributed by atoms with E-state index in [9.17, 15) is 0 Å². The fourth-order valence-corrected chi connectivity index (χ4v) is 1.21. The summed E-state index contributed by atoms with van der Waals surface area (Å²) in [6, 6.07) is 5.32. The third-order valence-electron chi connectivity index (χ3n) is 1.77. The lowest BCUT2D eigenvalue weighted by molar-refractivity contribution is 0.303. The first-order valence-corrected chi connectivity index (χ1v) is 4.35. The lowest BCUT2D eigenvalue weighted by atomic mass is 10.3. The molecular weight excluding hydrogens is 174 g/mol. The van der Waals surface area contributed by atoms with Gasteiger partial charge < -0.3 is 10.5 Å². The molecule has 0 amide bonds. The fourth-order valence-electron chi connectivity index (χ4n) is 0.978. The van der Waals surface area contributed by atoms with E-state index in [2.05, 4.69) is 0 Å². The standard InChI is InChI=1S/C9H10ClNO/c10-8-5-6(11)1-4-9(8)12-7-2-3-7/h1,4-5,7H,2-3,11H2. The van der Waals surface area contributed by atoms with E-state index in [0.29, 0.717) is 16.8 Å². The van der Waals surface area contributed by atoms with Gasteiger partial charge in [-0.1, -0.05) is 11.6 Å². The molecule has 3 heteroatoms. The Morgan fingerprint density at radius 3 is 2.75 bits per heavy atom. The van der Waals surface area contributed by atoms with Crippen LogP contribution in [0.5, 0.6) is 5.75 Å². The van der Waals surface area contributed by atoms with Gasteiger partial charge in [0.05, 0.1) is 11.1 Å². The van der Waals surface area contributed by atoms with E-state index in [1.165, 1.54) is 0 Å². The largest absolute Gasteiger partial charge is 0.489 e. The summed E-state index contributed by atoms with van der Waals surface area (Å²) in [5.41, 5.74) is 6.20. The molecule has 2 N–H and O–H groups in total. The van der Waals surface area contributed by atoms with Crippen LogP contribution in [0.25, 0.3) is 0 Å². The SMILES string of the molecule is Nc1ccc(OC2CC2)c(Cl)c1. The van der Waals surface area contributed by atoms with Gasteiger partial charge in [-0.3, -0.25) is 0 Å². The van der Waals surface area contributed by atoms with Crippen molar-refractivity contribution in [1.29, 1.82) is 0 Å². The number of hydrogen-bond acceptors (Lipinski definition) is 2. The van der Waals surface area contributed by atoms with Gasteiger partial charge in [-0.25, -0.2) is 0 Å². The van der Waals surface area contributed by atoms with Crippen molar-refractivity contribution >= 4 is 17.3 Å². The Labute approximate surface area is 76.3 Å². The third-order valence-corrected chi connectivity index (χ3v) is 2.07. The molecule has 1 fully saturated rings. The summed E-state index contributed by atoms with van der Waals surface area (Å²) in [5.74, 6) is 0.744. The molecule has 0 heterocycles. The van der Waals surface area contributed by atoms with Gasteiger partial charge in [-0.05, 0) is 31.0 Å². The van der Waals surface area contributed by atoms with Crippen LogP contribution < -0.4 is 10.5 Å². The van der Waals surface area contributed by atoms with Crippen LogP contribution in [0.4, 0.5) is 5.69 Å². The maximum absolute atomic E-state index is 5.90. The summed E-state index contributed by atoms with van der Waals surface area (Å²) in [4.78, 5) is 0. The summed E-state index contributed by atoms with van der Waals surface area (Å²) in [6.07, 6.45) is 2.66. The van der Waals surface area contributed by atoms with Crippen molar-refractivity contribution < 1.29 is 4.74 Å². The van der Waals surface area contributed by atoms with Gasteiger partial charge in [0.15, 0.2) is 0 Å². The number of hydrogen-bond donors (Lipinski definition) is 1. The first-order chi connectivity index (χ1) is 5.75. The Morgan fingerprint density at radius 1 is 1.42 bits per heavy atom. The van der Waals surface area contributed by atoms with E-state index in [4.69, 9.17) is 22.1 Å². The first-order valence-electron chi connectivity index (χ1n) is 3.97. The predicted molar refractivity (Wildman–Crippen MR) is 49.5 cm³/mol. The molecular formula is C9H10ClNO. The summed E-state index contributed by atoms with van der Waals surface area (Å²) in [7, 11) is 0. The number of halogens is 1. The number of rotatable bonds is 2. The smallest absolute Gasteiger partial charge is 0.138 e. The monoisotopic (exact) mass is 183 g/mol. The van der Waals surface area contributed by atoms with Crippen molar-refractivity contribution in [3.63, 3.8) is 0 Å². The molecule has 1 aliphatic rings. The molecule has 1 aromatic carbocycles. The highest BCUT2D eigenvalue weighted by molar-refractivity contribution is 6.32. The average molecular weight is 184 g/mol. The minimum Gasteiger partial charge on any atom is -0.489 e. The van der Waals surface area contributed by atoms with Gasteiger partial charge in [0.25, 0.3) is 0 Å². The summed E-state index contributed by atoms with van der Waals surface area (Å²) in [6.45, 7) is 0. The maximum Gasteiger partial charge on any atom is 0.138 e. The maximum atomic E-state index is 5.90. The van der Waals surface area contributed by atoms with Crippen molar-refractivity contribution in [3.05, 3.63) is 23.2 Å². The van der Waals surface area contributed by atoms with E-state index < -0.39 is 0 Å². The number of ether oxygens (including phenoxy) is 1. The van der Waals surface area contributed by atoms with Crippen LogP contribution in [0.15, 0.2) is 18.2 Å². The Hall–Kier alpha value is -0.890. The van der Waals surface area contributed by atoms with Gasteiger partial charge in [0.2, 0.25) is 0 Å². The molecule has 0 atom stereocenters. The van der Waals surface area contributed by atoms with Crippen molar-refractivity contribution in [2.24, 2.45) is 0 Å². The highest BCUT2D eigenvalue weighted by atomic mass is 35.5. The van der Waals surface area contributed by atoms with E-state index in [0.717, 1.165) is 18.6 Å². The van der Waals surface area contributed by atoms with E-state index in [-0.39, 0.29) is 0 Å². The molecule has 0 spiro atoms. The number of benzene rings is 1. The van der Waals surface area contributed by atoms with E-state index in [1.54, 1.807) is 12.1 Å². The summed E-state index contributed by atoms with van der Waals surface area (Å²) in [5, 5.41) is 0.599. The quantitative estimate of drug-likeness (QED) is 0.715. The molecule has 0 bridgehead atoms. The minimum absolute atomic E-state index is 0.381. The Bertz CT molecular complexity index is 297. The van der Waals surface area contributed by atoms with Gasteiger partial charge >= 0.3 is 0 Å². The zero-order valence-electron chi connectivity index (χ0n) is 6.59. The molecule has 2 nitrogen and oxygen atoms in total. The van der Waals surface area contributed by atoms with Crippen LogP contribution in [0.1, 0.15) is 12.8 Å². The number of nitrogens with two attached hydrogens (primary N) is 1. The average Bonchev–Trinajstić information content (AvgIpc) is 2.79. The first kappa shape index (κ1) is 7.74. The van der Waals surface area contributed by atoms with E-state index in [1.807, 2.05) is 6.07 Å². The zero-order chi connectivity index (χ0) is 8.55. The molecule has 1 saturated carbocycles. The zero-order valence-corrected chi connectivity index (χ0v) is 7.34. The van der Waals surface area contributed by atoms with Gasteiger partial charge in [-0.15, -0.1) is 0 Å². The highest BCUT2D eigenvalue weighted by Gasteiger charge is 2.24. The predicted octanol–water partition coefficient (Wildman–Crippen LogP) is 2.46. The molecule has 0 unspecified atom stereocenters. The molecule has 12 heavy (non-hydrogen) atoms. The molecule has 64 valence electrons. The molecule has 0 aromatic heterocycles. The molecule has 1 aromatic rings. The van der Waals surface area contributed by atoms with Crippen LogP contribution in [0, 0.1) is 0 Å². The van der Waals surface area contributed by atoms with Gasteiger partial charge in [-0.2, -0.15) is 0 Å². The molecule has 0 saturated heterocycles. The normalized spacial score (nSPS) is 16.1. The molecule has 2 rings (SSSR count). The Balaban J connectivity index is 2.18. The Kier molecular flexibility index (Phi) is 1.85. The van der Waals surface area contributed by atoms with Crippen molar-refractivity contribution in [2.75, 3.05) is 5.73 Å². The van der Waals surface area contributed by atoms with Crippen LogP contribution in [0.3, 0.4) is 0 Å². The topological polar surface area (TPSA) is 35.2 Å². The van der Waals surface area contributed by atoms with Crippen molar-refractivity contribution in [1.82, 2.24) is 0 Å². The summed E-state index contributed by atoms with van der Waals surface area (Å²) < 4.78 is 5.52. The second kappa shape index (κ2) is 2.87. The van der Waals surface area contributed by atoms with Crippen LogP contribution in [-0.4, -0.2) is 6.10 Å².